The molecule has 0 aliphatic carbocycles. The second-order valence-electron chi connectivity index (χ2n) is 7.86. The van der Waals surface area contributed by atoms with Crippen LogP contribution in [-0.4, -0.2) is 26.4 Å². The number of hydrogen-bond acceptors (Lipinski definition) is 4. The molecule has 0 radical (unpaired) electrons. The monoisotopic (exact) mass is 528 g/mol. The second-order valence-corrected chi connectivity index (χ2v) is 9.73. The van der Waals surface area contributed by atoms with E-state index >= 15 is 0 Å². The topological polar surface area (TPSA) is 59.8 Å². The van der Waals surface area contributed by atoms with E-state index in [4.69, 9.17) is 23.2 Å². The molecule has 3 aromatic carbocycles. The van der Waals surface area contributed by atoms with Gasteiger partial charge in [0, 0.05) is 24.3 Å². The van der Waals surface area contributed by atoms with Gasteiger partial charge in [0.25, 0.3) is 0 Å². The van der Waals surface area contributed by atoms with Gasteiger partial charge in [0.2, 0.25) is 5.91 Å². The molecule has 1 amide bonds. The van der Waals surface area contributed by atoms with Gasteiger partial charge in [0.05, 0.1) is 15.7 Å². The number of nitrogens with one attached hydrogen (secondary N) is 1. The van der Waals surface area contributed by atoms with E-state index in [1.54, 1.807) is 30.0 Å². The number of nitrogens with zero attached hydrogens (tertiary/aromatic N) is 3. The molecule has 4 aromatic rings. The van der Waals surface area contributed by atoms with Crippen LogP contribution in [0.1, 0.15) is 30.7 Å². The lowest BCUT2D eigenvalue weighted by Gasteiger charge is -2.11. The van der Waals surface area contributed by atoms with Crippen LogP contribution in [0.5, 0.6) is 0 Å². The lowest BCUT2D eigenvalue weighted by Crippen LogP contribution is -2.11. The number of carbonyl (C=O) groups is 1. The summed E-state index contributed by atoms with van der Waals surface area (Å²) in [5, 5.41) is 13.4. The van der Waals surface area contributed by atoms with Gasteiger partial charge in [0.1, 0.15) is 11.6 Å². The van der Waals surface area contributed by atoms with Crippen molar-refractivity contribution in [3.05, 3.63) is 100 Å². The number of rotatable bonds is 10. The summed E-state index contributed by atoms with van der Waals surface area (Å²) in [5.41, 5.74) is 2.56. The van der Waals surface area contributed by atoms with Crippen LogP contribution in [0, 0.1) is 5.82 Å². The van der Waals surface area contributed by atoms with Gasteiger partial charge < -0.3 is 5.32 Å². The number of anilines is 1. The predicted octanol–water partition coefficient (Wildman–Crippen LogP) is 7.21. The third-order valence-electron chi connectivity index (χ3n) is 5.22. The Balaban J connectivity index is 1.38. The van der Waals surface area contributed by atoms with E-state index in [0.29, 0.717) is 28.6 Å². The molecule has 35 heavy (non-hydrogen) atoms. The number of aromatic nitrogens is 3. The first-order chi connectivity index (χ1) is 17.0. The van der Waals surface area contributed by atoms with Gasteiger partial charge in [0.15, 0.2) is 5.16 Å². The number of carbonyl (C=O) groups excluding carboxylic acids is 1. The Morgan fingerprint density at radius 3 is 2.46 bits per heavy atom. The molecule has 0 fully saturated rings. The van der Waals surface area contributed by atoms with Gasteiger partial charge in [-0.25, -0.2) is 4.39 Å². The van der Waals surface area contributed by atoms with Crippen molar-refractivity contribution in [3.8, 4) is 5.69 Å². The fourth-order valence-corrected chi connectivity index (χ4v) is 4.74. The number of amides is 1. The van der Waals surface area contributed by atoms with Crippen molar-refractivity contribution in [1.29, 1.82) is 0 Å². The summed E-state index contributed by atoms with van der Waals surface area (Å²) in [6, 6.07) is 21.3. The first kappa shape index (κ1) is 25.2. The van der Waals surface area contributed by atoms with Gasteiger partial charge >= 0.3 is 0 Å². The molecule has 0 atom stereocenters. The third-order valence-corrected chi connectivity index (χ3v) is 6.98. The van der Waals surface area contributed by atoms with Gasteiger partial charge in [-0.1, -0.05) is 65.3 Å². The van der Waals surface area contributed by atoms with Crippen molar-refractivity contribution < 1.29 is 9.18 Å². The van der Waals surface area contributed by atoms with Gasteiger partial charge in [-0.2, -0.15) is 0 Å². The molecule has 0 aliphatic heterocycles. The highest BCUT2D eigenvalue weighted by atomic mass is 35.5. The Kier molecular flexibility index (Phi) is 8.79. The van der Waals surface area contributed by atoms with Crippen LogP contribution in [-0.2, 0) is 11.2 Å². The molecule has 0 bridgehead atoms. The third kappa shape index (κ3) is 7.07. The summed E-state index contributed by atoms with van der Waals surface area (Å²) < 4.78 is 15.0. The van der Waals surface area contributed by atoms with E-state index in [0.717, 1.165) is 40.8 Å². The molecular formula is C26H23Cl2FN4OS. The Morgan fingerprint density at radius 1 is 0.943 bits per heavy atom. The molecule has 1 heterocycles. The normalized spacial score (nSPS) is 10.9. The summed E-state index contributed by atoms with van der Waals surface area (Å²) in [6.07, 6.45) is 2.55. The SMILES string of the molecule is O=C(CCCCSc1nnc(Cc2ccccc2)n1-c1ccc(Cl)c(Cl)c1)Nc1ccc(F)cc1. The average molecular weight is 529 g/mol. The maximum atomic E-state index is 13.0. The molecule has 4 rings (SSSR count). The standard InChI is InChI=1S/C26H23Cl2FN4OS/c27-22-14-13-21(17-23(22)28)33-24(16-18-6-2-1-3-7-18)31-32-26(33)35-15-5-4-8-25(34)30-20-11-9-19(29)10-12-20/h1-3,6-7,9-14,17H,4-5,8,15-16H2,(H,30,34). The van der Waals surface area contributed by atoms with Gasteiger partial charge in [-0.05, 0) is 60.9 Å². The summed E-state index contributed by atoms with van der Waals surface area (Å²) in [4.78, 5) is 12.1. The Bertz CT molecular complexity index is 1280. The molecule has 0 saturated heterocycles. The van der Waals surface area contributed by atoms with Crippen LogP contribution in [0.15, 0.2) is 78.0 Å². The first-order valence-corrected chi connectivity index (χ1v) is 12.9. The Morgan fingerprint density at radius 2 is 1.71 bits per heavy atom. The van der Waals surface area contributed by atoms with Crippen LogP contribution in [0.4, 0.5) is 10.1 Å². The molecule has 9 heteroatoms. The molecule has 1 aromatic heterocycles. The number of halogens is 3. The number of hydrogen-bond donors (Lipinski definition) is 1. The zero-order valence-electron chi connectivity index (χ0n) is 18.8. The van der Waals surface area contributed by atoms with Crippen LogP contribution in [0.3, 0.4) is 0 Å². The number of unbranched alkanes of at least 4 members (excludes halogenated alkanes) is 1. The summed E-state index contributed by atoms with van der Waals surface area (Å²) in [7, 11) is 0. The molecule has 5 nitrogen and oxygen atoms in total. The van der Waals surface area contributed by atoms with Crippen LogP contribution < -0.4 is 5.32 Å². The van der Waals surface area contributed by atoms with Crippen molar-refractivity contribution in [2.45, 2.75) is 30.8 Å². The molecule has 1 N–H and O–H groups in total. The van der Waals surface area contributed by atoms with E-state index < -0.39 is 0 Å². The van der Waals surface area contributed by atoms with Gasteiger partial charge in [-0.15, -0.1) is 10.2 Å². The Labute approximate surface area is 217 Å². The highest BCUT2D eigenvalue weighted by Crippen LogP contribution is 2.29. The van der Waals surface area contributed by atoms with Crippen molar-refractivity contribution in [2.24, 2.45) is 0 Å². The van der Waals surface area contributed by atoms with E-state index in [1.165, 1.54) is 12.1 Å². The zero-order chi connectivity index (χ0) is 24.6. The first-order valence-electron chi connectivity index (χ1n) is 11.1. The molecule has 0 unspecified atom stereocenters. The van der Waals surface area contributed by atoms with E-state index in [9.17, 15) is 9.18 Å². The fourth-order valence-electron chi connectivity index (χ4n) is 3.48. The second kappa shape index (κ2) is 12.2. The minimum absolute atomic E-state index is 0.0919. The number of thioether (sulfide) groups is 1. The molecule has 0 spiro atoms. The van der Waals surface area contributed by atoms with Crippen molar-refractivity contribution >= 4 is 46.6 Å². The highest BCUT2D eigenvalue weighted by Gasteiger charge is 2.16. The minimum atomic E-state index is -0.333. The van der Waals surface area contributed by atoms with E-state index in [-0.39, 0.29) is 11.7 Å². The quantitative estimate of drug-likeness (QED) is 0.174. The molecule has 0 aliphatic rings. The maximum Gasteiger partial charge on any atom is 0.224 e. The van der Waals surface area contributed by atoms with E-state index in [1.807, 2.05) is 34.9 Å². The van der Waals surface area contributed by atoms with Crippen LogP contribution >= 0.6 is 35.0 Å². The van der Waals surface area contributed by atoms with Crippen molar-refractivity contribution in [2.75, 3.05) is 11.1 Å². The summed E-state index contributed by atoms with van der Waals surface area (Å²) >= 11 is 14.0. The van der Waals surface area contributed by atoms with Crippen LogP contribution in [0.2, 0.25) is 10.0 Å². The minimum Gasteiger partial charge on any atom is -0.326 e. The van der Waals surface area contributed by atoms with Crippen molar-refractivity contribution in [1.82, 2.24) is 14.8 Å². The van der Waals surface area contributed by atoms with Crippen LogP contribution in [0.25, 0.3) is 5.69 Å². The number of benzene rings is 3. The molecule has 180 valence electrons. The lowest BCUT2D eigenvalue weighted by atomic mass is 10.1. The predicted molar refractivity (Wildman–Crippen MR) is 140 cm³/mol. The Hall–Kier alpha value is -2.87. The van der Waals surface area contributed by atoms with Crippen molar-refractivity contribution in [3.63, 3.8) is 0 Å². The zero-order valence-corrected chi connectivity index (χ0v) is 21.1. The highest BCUT2D eigenvalue weighted by molar-refractivity contribution is 7.99. The summed E-state index contributed by atoms with van der Waals surface area (Å²) in [5.74, 6) is 1.15. The fraction of sp³-hybridized carbons (Fsp3) is 0.192. The van der Waals surface area contributed by atoms with E-state index in [2.05, 4.69) is 27.6 Å². The lowest BCUT2D eigenvalue weighted by molar-refractivity contribution is -0.116. The average Bonchev–Trinajstić information content (AvgIpc) is 3.25. The van der Waals surface area contributed by atoms with Gasteiger partial charge in [-0.3, -0.25) is 9.36 Å². The summed E-state index contributed by atoms with van der Waals surface area (Å²) in [6.45, 7) is 0. The molecular weight excluding hydrogens is 506 g/mol. The largest absolute Gasteiger partial charge is 0.326 e. The molecule has 0 saturated carbocycles. The maximum absolute atomic E-state index is 13.0. The smallest absolute Gasteiger partial charge is 0.224 e.